The van der Waals surface area contributed by atoms with E-state index in [2.05, 4.69) is 5.32 Å². The maximum absolute atomic E-state index is 11.8. The lowest BCUT2D eigenvalue weighted by Gasteiger charge is -2.08. The van der Waals surface area contributed by atoms with E-state index in [4.69, 9.17) is 9.88 Å². The summed E-state index contributed by atoms with van der Waals surface area (Å²) in [5, 5.41) is 18.3. The standard InChI is InChI=1S/C14H13N3O6S/c15-24(21,22)11-5-3-4-10(8-11)16-14(18)9-23-13-7-2-1-6-12(13)17(19)20/h1-8H,9H2,(H,16,18)(H2,15,21,22). The van der Waals surface area contributed by atoms with Crippen LogP contribution >= 0.6 is 0 Å². The van der Waals surface area contributed by atoms with Crippen LogP contribution in [0.2, 0.25) is 0 Å². The van der Waals surface area contributed by atoms with Gasteiger partial charge >= 0.3 is 5.69 Å². The molecule has 2 rings (SSSR count). The molecule has 0 spiro atoms. The number of hydrogen-bond donors (Lipinski definition) is 2. The van der Waals surface area contributed by atoms with Gasteiger partial charge in [-0.1, -0.05) is 18.2 Å². The molecule has 126 valence electrons. The van der Waals surface area contributed by atoms with E-state index in [9.17, 15) is 23.3 Å². The highest BCUT2D eigenvalue weighted by atomic mass is 32.2. The van der Waals surface area contributed by atoms with Gasteiger partial charge in [0.25, 0.3) is 5.91 Å². The summed E-state index contributed by atoms with van der Waals surface area (Å²) in [6, 6.07) is 11.0. The van der Waals surface area contributed by atoms with Crippen molar-refractivity contribution in [1.29, 1.82) is 0 Å². The van der Waals surface area contributed by atoms with Crippen LogP contribution in [-0.2, 0) is 14.8 Å². The van der Waals surface area contributed by atoms with Crippen LogP contribution in [-0.4, -0.2) is 25.9 Å². The predicted molar refractivity (Wildman–Crippen MR) is 85.0 cm³/mol. The SMILES string of the molecule is NS(=O)(=O)c1cccc(NC(=O)COc2ccccc2[N+](=O)[O-])c1. The maximum Gasteiger partial charge on any atom is 0.310 e. The highest BCUT2D eigenvalue weighted by Gasteiger charge is 2.15. The highest BCUT2D eigenvalue weighted by molar-refractivity contribution is 7.89. The number of benzene rings is 2. The fourth-order valence-corrected chi connectivity index (χ4v) is 2.38. The van der Waals surface area contributed by atoms with Crippen LogP contribution in [0.4, 0.5) is 11.4 Å². The average molecular weight is 351 g/mol. The van der Waals surface area contributed by atoms with Crippen molar-refractivity contribution in [3.8, 4) is 5.75 Å². The topological polar surface area (TPSA) is 142 Å². The second kappa shape index (κ2) is 7.06. The Hall–Kier alpha value is -2.98. The molecule has 3 N–H and O–H groups in total. The molecule has 0 aliphatic heterocycles. The summed E-state index contributed by atoms with van der Waals surface area (Å²) in [6.07, 6.45) is 0. The number of anilines is 1. The lowest BCUT2D eigenvalue weighted by atomic mass is 10.3. The summed E-state index contributed by atoms with van der Waals surface area (Å²) in [7, 11) is -3.89. The number of nitro benzene ring substituents is 1. The first-order chi connectivity index (χ1) is 11.3. The smallest absolute Gasteiger partial charge is 0.310 e. The molecule has 0 radical (unpaired) electrons. The first kappa shape index (κ1) is 17.4. The quantitative estimate of drug-likeness (QED) is 0.592. The minimum Gasteiger partial charge on any atom is -0.477 e. The van der Waals surface area contributed by atoms with Gasteiger partial charge in [0.1, 0.15) is 0 Å². The Morgan fingerprint density at radius 2 is 1.92 bits per heavy atom. The molecular formula is C14H13N3O6S. The summed E-state index contributed by atoms with van der Waals surface area (Å²) in [4.78, 5) is 21.9. The summed E-state index contributed by atoms with van der Waals surface area (Å²) in [5.74, 6) is -0.657. The van der Waals surface area contributed by atoms with Crippen LogP contribution in [0, 0.1) is 10.1 Å². The number of carbonyl (C=O) groups is 1. The van der Waals surface area contributed by atoms with E-state index in [1.807, 2.05) is 0 Å². The molecule has 0 fully saturated rings. The molecule has 1 amide bonds. The Kier molecular flexibility index (Phi) is 5.11. The van der Waals surface area contributed by atoms with E-state index >= 15 is 0 Å². The molecule has 9 nitrogen and oxygen atoms in total. The van der Waals surface area contributed by atoms with Gasteiger partial charge < -0.3 is 10.1 Å². The second-order valence-corrected chi connectivity index (χ2v) is 6.20. The molecule has 10 heteroatoms. The van der Waals surface area contributed by atoms with Gasteiger partial charge in [-0.2, -0.15) is 0 Å². The molecule has 0 saturated heterocycles. The number of ether oxygens (including phenoxy) is 1. The third kappa shape index (κ3) is 4.51. The fraction of sp³-hybridized carbons (Fsp3) is 0.0714. The Bertz CT molecular complexity index is 882. The number of para-hydroxylation sites is 2. The van der Waals surface area contributed by atoms with Crippen molar-refractivity contribution in [1.82, 2.24) is 0 Å². The van der Waals surface area contributed by atoms with Gasteiger partial charge in [0.05, 0.1) is 9.82 Å². The van der Waals surface area contributed by atoms with E-state index in [1.54, 1.807) is 0 Å². The Labute approximate surface area is 137 Å². The molecule has 2 aromatic carbocycles. The molecule has 0 aliphatic carbocycles. The Balaban J connectivity index is 2.04. The molecule has 0 aliphatic rings. The molecule has 0 heterocycles. The van der Waals surface area contributed by atoms with Crippen molar-refractivity contribution in [2.75, 3.05) is 11.9 Å². The monoisotopic (exact) mass is 351 g/mol. The zero-order valence-corrected chi connectivity index (χ0v) is 13.0. The third-order valence-corrected chi connectivity index (χ3v) is 3.78. The summed E-state index contributed by atoms with van der Waals surface area (Å²) in [5.41, 5.74) is -0.0563. The molecular weight excluding hydrogens is 338 g/mol. The van der Waals surface area contributed by atoms with Gasteiger partial charge in [-0.3, -0.25) is 14.9 Å². The van der Waals surface area contributed by atoms with Gasteiger partial charge in [0.2, 0.25) is 10.0 Å². The number of nitrogens with two attached hydrogens (primary N) is 1. The number of hydrogen-bond acceptors (Lipinski definition) is 6. The van der Waals surface area contributed by atoms with Crippen molar-refractivity contribution in [2.24, 2.45) is 5.14 Å². The molecule has 0 atom stereocenters. The highest BCUT2D eigenvalue weighted by Crippen LogP contribution is 2.25. The van der Waals surface area contributed by atoms with E-state index < -0.39 is 27.5 Å². The number of nitrogens with zero attached hydrogens (tertiary/aromatic N) is 1. The summed E-state index contributed by atoms with van der Waals surface area (Å²) < 4.78 is 27.7. The lowest BCUT2D eigenvalue weighted by Crippen LogP contribution is -2.21. The zero-order valence-electron chi connectivity index (χ0n) is 12.2. The van der Waals surface area contributed by atoms with Gasteiger partial charge in [-0.25, -0.2) is 13.6 Å². The van der Waals surface area contributed by atoms with Crippen molar-refractivity contribution in [2.45, 2.75) is 4.90 Å². The number of sulfonamides is 1. The van der Waals surface area contributed by atoms with Crippen LogP contribution in [0.3, 0.4) is 0 Å². The maximum atomic E-state index is 11.8. The van der Waals surface area contributed by atoms with E-state index in [0.717, 1.165) is 0 Å². The molecule has 24 heavy (non-hydrogen) atoms. The summed E-state index contributed by atoms with van der Waals surface area (Å²) >= 11 is 0. The average Bonchev–Trinajstić information content (AvgIpc) is 2.52. The van der Waals surface area contributed by atoms with Crippen LogP contribution in [0.1, 0.15) is 0 Å². The number of rotatable bonds is 6. The zero-order chi connectivity index (χ0) is 17.7. The van der Waals surface area contributed by atoms with Gasteiger partial charge in [-0.05, 0) is 24.3 Å². The van der Waals surface area contributed by atoms with E-state index in [1.165, 1.54) is 48.5 Å². The predicted octanol–water partition coefficient (Wildman–Crippen LogP) is 1.26. The fourth-order valence-electron chi connectivity index (χ4n) is 1.82. The van der Waals surface area contributed by atoms with Crippen molar-refractivity contribution < 1.29 is 22.9 Å². The molecule has 0 saturated carbocycles. The third-order valence-electron chi connectivity index (χ3n) is 2.87. The van der Waals surface area contributed by atoms with Crippen LogP contribution in [0.15, 0.2) is 53.4 Å². The number of nitrogens with one attached hydrogen (secondary N) is 1. The minimum absolute atomic E-state index is 0.0454. The second-order valence-electron chi connectivity index (χ2n) is 4.63. The normalized spacial score (nSPS) is 10.9. The van der Waals surface area contributed by atoms with Crippen LogP contribution in [0.25, 0.3) is 0 Å². The molecule has 2 aromatic rings. The molecule has 0 bridgehead atoms. The van der Waals surface area contributed by atoms with Crippen molar-refractivity contribution in [3.05, 3.63) is 58.6 Å². The number of primary sulfonamides is 1. The van der Waals surface area contributed by atoms with Crippen LogP contribution < -0.4 is 15.2 Å². The van der Waals surface area contributed by atoms with E-state index in [0.29, 0.717) is 0 Å². The Morgan fingerprint density at radius 3 is 2.58 bits per heavy atom. The number of carbonyl (C=O) groups excluding carboxylic acids is 1. The van der Waals surface area contributed by atoms with E-state index in [-0.39, 0.29) is 22.0 Å². The van der Waals surface area contributed by atoms with Gasteiger partial charge in [0.15, 0.2) is 12.4 Å². The van der Waals surface area contributed by atoms with Gasteiger partial charge in [-0.15, -0.1) is 0 Å². The number of amides is 1. The van der Waals surface area contributed by atoms with Crippen LogP contribution in [0.5, 0.6) is 5.75 Å². The minimum atomic E-state index is -3.89. The molecule has 0 aromatic heterocycles. The largest absolute Gasteiger partial charge is 0.477 e. The first-order valence-electron chi connectivity index (χ1n) is 6.56. The van der Waals surface area contributed by atoms with Crippen molar-refractivity contribution >= 4 is 27.3 Å². The van der Waals surface area contributed by atoms with Crippen molar-refractivity contribution in [3.63, 3.8) is 0 Å². The first-order valence-corrected chi connectivity index (χ1v) is 8.11. The lowest BCUT2D eigenvalue weighted by molar-refractivity contribution is -0.385. The van der Waals surface area contributed by atoms with Gasteiger partial charge in [0, 0.05) is 11.8 Å². The summed E-state index contributed by atoms with van der Waals surface area (Å²) in [6.45, 7) is -0.482. The Morgan fingerprint density at radius 1 is 1.21 bits per heavy atom. The number of nitro groups is 1. The molecule has 0 unspecified atom stereocenters.